The van der Waals surface area contributed by atoms with Gasteiger partial charge in [-0.05, 0) is 20.8 Å². The van der Waals surface area contributed by atoms with Crippen molar-refractivity contribution < 1.29 is 0 Å². The Kier molecular flexibility index (Phi) is 3.81. The van der Waals surface area contributed by atoms with Crippen molar-refractivity contribution in [1.29, 1.82) is 0 Å². The third kappa shape index (κ3) is 4.00. The zero-order valence-corrected chi connectivity index (χ0v) is 11.3. The van der Waals surface area contributed by atoms with Crippen LogP contribution in [0.5, 0.6) is 0 Å². The van der Waals surface area contributed by atoms with Crippen LogP contribution in [0.4, 0.5) is 0 Å². The van der Waals surface area contributed by atoms with Crippen molar-refractivity contribution in [1.82, 2.24) is 24.8 Å². The first kappa shape index (κ1) is 12.8. The maximum Gasteiger partial charge on any atom is 0.0950 e. The first-order valence-electron chi connectivity index (χ1n) is 6.26. The van der Waals surface area contributed by atoms with Crippen LogP contribution in [0.1, 0.15) is 32.2 Å². The van der Waals surface area contributed by atoms with Crippen LogP contribution in [-0.2, 0) is 19.5 Å². The number of aromatic nitrogens is 4. The highest BCUT2D eigenvalue weighted by atomic mass is 15.1. The molecule has 0 saturated heterocycles. The smallest absolute Gasteiger partial charge is 0.0950 e. The molecule has 0 unspecified atom stereocenters. The molecule has 0 aliphatic rings. The van der Waals surface area contributed by atoms with Crippen molar-refractivity contribution in [3.8, 4) is 0 Å². The number of hydrogen-bond acceptors (Lipinski definition) is 3. The van der Waals surface area contributed by atoms with Crippen LogP contribution in [-0.4, -0.2) is 25.1 Å². The normalized spacial score (nSPS) is 11.9. The Morgan fingerprint density at radius 3 is 2.89 bits per heavy atom. The van der Waals surface area contributed by atoms with Gasteiger partial charge >= 0.3 is 0 Å². The van der Waals surface area contributed by atoms with Gasteiger partial charge in [0.15, 0.2) is 0 Å². The molecule has 0 aliphatic carbocycles. The molecule has 2 N–H and O–H groups in total. The Balaban J connectivity index is 1.82. The molecule has 2 aromatic heterocycles. The van der Waals surface area contributed by atoms with Crippen LogP contribution in [0, 0.1) is 0 Å². The quantitative estimate of drug-likeness (QED) is 0.846. The van der Waals surface area contributed by atoms with Gasteiger partial charge in [0.1, 0.15) is 0 Å². The topological polar surface area (TPSA) is 58.5 Å². The number of imidazole rings is 2. The average molecular weight is 247 g/mol. The van der Waals surface area contributed by atoms with Gasteiger partial charge in [0.2, 0.25) is 0 Å². The molecule has 5 nitrogen and oxygen atoms in total. The first-order valence-corrected chi connectivity index (χ1v) is 6.26. The molecule has 0 radical (unpaired) electrons. The number of aryl methyl sites for hydroxylation is 2. The Bertz CT molecular complexity index is 464. The molecular weight excluding hydrogens is 226 g/mol. The van der Waals surface area contributed by atoms with E-state index in [1.54, 1.807) is 6.33 Å². The molecule has 0 aliphatic heterocycles. The highest BCUT2D eigenvalue weighted by Gasteiger charge is 2.09. The van der Waals surface area contributed by atoms with Crippen molar-refractivity contribution in [3.05, 3.63) is 36.4 Å². The van der Waals surface area contributed by atoms with E-state index in [9.17, 15) is 0 Å². The molecular formula is C13H21N5. The summed E-state index contributed by atoms with van der Waals surface area (Å²) < 4.78 is 2.11. The molecule has 5 heteroatoms. The third-order valence-electron chi connectivity index (χ3n) is 2.68. The lowest BCUT2D eigenvalue weighted by Gasteiger charge is -2.19. The third-order valence-corrected chi connectivity index (χ3v) is 2.68. The number of nitrogens with one attached hydrogen (secondary N) is 2. The molecule has 98 valence electrons. The predicted octanol–water partition coefficient (Wildman–Crippen LogP) is 1.74. The van der Waals surface area contributed by atoms with Gasteiger partial charge in [-0.15, -0.1) is 0 Å². The van der Waals surface area contributed by atoms with E-state index in [1.807, 2.05) is 12.5 Å². The minimum absolute atomic E-state index is 0.125. The number of aromatic amines is 1. The van der Waals surface area contributed by atoms with Crippen molar-refractivity contribution in [2.75, 3.05) is 0 Å². The highest BCUT2D eigenvalue weighted by Crippen LogP contribution is 2.03. The summed E-state index contributed by atoms with van der Waals surface area (Å²) in [6.07, 6.45) is 8.49. The fourth-order valence-corrected chi connectivity index (χ4v) is 1.65. The second-order valence-electron chi connectivity index (χ2n) is 5.53. The van der Waals surface area contributed by atoms with Gasteiger partial charge in [-0.3, -0.25) is 0 Å². The predicted molar refractivity (Wildman–Crippen MR) is 71.1 cm³/mol. The lowest BCUT2D eigenvalue weighted by molar-refractivity contribution is 0.421. The van der Waals surface area contributed by atoms with Gasteiger partial charge in [-0.2, -0.15) is 0 Å². The molecule has 0 aromatic carbocycles. The fraction of sp³-hybridized carbons (Fsp3) is 0.538. The number of H-pyrrole nitrogens is 1. The van der Waals surface area contributed by atoms with Crippen molar-refractivity contribution in [2.24, 2.45) is 0 Å². The second-order valence-corrected chi connectivity index (χ2v) is 5.53. The minimum atomic E-state index is 0.125. The standard InChI is InChI=1S/C13H21N5/c1-13(2,3)17-7-12-8-18(10-16-12)5-4-11-6-14-9-15-11/h6,8-10,17H,4-5,7H2,1-3H3,(H,14,15). The van der Waals surface area contributed by atoms with E-state index in [-0.39, 0.29) is 5.54 Å². The van der Waals surface area contributed by atoms with Crippen LogP contribution < -0.4 is 5.32 Å². The first-order chi connectivity index (χ1) is 8.53. The Morgan fingerprint density at radius 2 is 2.22 bits per heavy atom. The van der Waals surface area contributed by atoms with E-state index in [2.05, 4.69) is 51.8 Å². The molecule has 2 rings (SSSR count). The largest absolute Gasteiger partial charge is 0.348 e. The molecule has 0 fully saturated rings. The summed E-state index contributed by atoms with van der Waals surface area (Å²) >= 11 is 0. The molecule has 18 heavy (non-hydrogen) atoms. The van der Waals surface area contributed by atoms with Gasteiger partial charge in [0.25, 0.3) is 0 Å². The van der Waals surface area contributed by atoms with Gasteiger partial charge < -0.3 is 14.9 Å². The minimum Gasteiger partial charge on any atom is -0.348 e. The van der Waals surface area contributed by atoms with Crippen LogP contribution in [0.15, 0.2) is 25.0 Å². The van der Waals surface area contributed by atoms with Crippen molar-refractivity contribution >= 4 is 0 Å². The van der Waals surface area contributed by atoms with Crippen LogP contribution in [0.25, 0.3) is 0 Å². The average Bonchev–Trinajstić information content (AvgIpc) is 2.94. The second kappa shape index (κ2) is 5.35. The molecule has 0 amide bonds. The zero-order chi connectivity index (χ0) is 13.0. The lowest BCUT2D eigenvalue weighted by Crippen LogP contribution is -2.35. The Hall–Kier alpha value is -1.62. The van der Waals surface area contributed by atoms with E-state index in [0.29, 0.717) is 0 Å². The van der Waals surface area contributed by atoms with E-state index in [4.69, 9.17) is 0 Å². The van der Waals surface area contributed by atoms with E-state index in [1.165, 1.54) is 0 Å². The molecule has 0 bridgehead atoms. The summed E-state index contributed by atoms with van der Waals surface area (Å²) in [7, 11) is 0. The maximum absolute atomic E-state index is 4.39. The van der Waals surface area contributed by atoms with Crippen molar-refractivity contribution in [2.45, 2.75) is 45.8 Å². The Morgan fingerprint density at radius 1 is 1.39 bits per heavy atom. The summed E-state index contributed by atoms with van der Waals surface area (Å²) in [5.74, 6) is 0. The van der Waals surface area contributed by atoms with Gasteiger partial charge in [-0.1, -0.05) is 0 Å². The molecule has 2 aromatic rings. The number of rotatable bonds is 5. The van der Waals surface area contributed by atoms with E-state index >= 15 is 0 Å². The fourth-order valence-electron chi connectivity index (χ4n) is 1.65. The zero-order valence-electron chi connectivity index (χ0n) is 11.3. The van der Waals surface area contributed by atoms with Gasteiger partial charge in [0.05, 0.1) is 18.3 Å². The van der Waals surface area contributed by atoms with Gasteiger partial charge in [-0.25, -0.2) is 9.97 Å². The SMILES string of the molecule is CC(C)(C)NCc1cn(CCc2cnc[nH]2)cn1. The van der Waals surface area contributed by atoms with Crippen LogP contribution in [0.2, 0.25) is 0 Å². The van der Waals surface area contributed by atoms with Crippen LogP contribution >= 0.6 is 0 Å². The van der Waals surface area contributed by atoms with Gasteiger partial charge in [0, 0.05) is 43.1 Å². The number of nitrogens with zero attached hydrogens (tertiary/aromatic N) is 3. The summed E-state index contributed by atoms with van der Waals surface area (Å²) in [6, 6.07) is 0. The summed E-state index contributed by atoms with van der Waals surface area (Å²) in [6.45, 7) is 8.19. The summed E-state index contributed by atoms with van der Waals surface area (Å²) in [5, 5.41) is 3.43. The van der Waals surface area contributed by atoms with Crippen molar-refractivity contribution in [3.63, 3.8) is 0 Å². The molecule has 0 saturated carbocycles. The number of hydrogen-bond donors (Lipinski definition) is 2. The van der Waals surface area contributed by atoms with Crippen LogP contribution in [0.3, 0.4) is 0 Å². The summed E-state index contributed by atoms with van der Waals surface area (Å²) in [4.78, 5) is 11.5. The highest BCUT2D eigenvalue weighted by molar-refractivity contribution is 4.99. The molecule has 0 spiro atoms. The molecule has 0 atom stereocenters. The summed E-state index contributed by atoms with van der Waals surface area (Å²) in [5.41, 5.74) is 2.35. The van der Waals surface area contributed by atoms with E-state index < -0.39 is 0 Å². The lowest BCUT2D eigenvalue weighted by atomic mass is 10.1. The monoisotopic (exact) mass is 247 g/mol. The van der Waals surface area contributed by atoms with E-state index in [0.717, 1.165) is 30.9 Å². The Labute approximate surface area is 108 Å². The maximum atomic E-state index is 4.39. The molecule has 2 heterocycles.